The fourth-order valence-electron chi connectivity index (χ4n) is 2.78. The van der Waals surface area contributed by atoms with Crippen molar-refractivity contribution in [1.29, 1.82) is 0 Å². The van der Waals surface area contributed by atoms with Crippen molar-refractivity contribution in [2.24, 2.45) is 0 Å². The van der Waals surface area contributed by atoms with Gasteiger partial charge in [-0.15, -0.1) is 0 Å². The van der Waals surface area contributed by atoms with Crippen molar-refractivity contribution in [2.75, 3.05) is 27.2 Å². The number of halogens is 1. The Kier molecular flexibility index (Phi) is 6.49. The predicted molar refractivity (Wildman–Crippen MR) is 86.6 cm³/mol. The summed E-state index contributed by atoms with van der Waals surface area (Å²) in [6.45, 7) is 11.7. The molecule has 0 aliphatic carbocycles. The van der Waals surface area contributed by atoms with Crippen molar-refractivity contribution in [2.45, 2.75) is 52.1 Å². The van der Waals surface area contributed by atoms with Crippen LogP contribution in [0.5, 0.6) is 0 Å². The van der Waals surface area contributed by atoms with E-state index >= 15 is 0 Å². The molecule has 5 heteroatoms. The highest BCUT2D eigenvalue weighted by molar-refractivity contribution is 6.31. The molecule has 0 spiro atoms. The van der Waals surface area contributed by atoms with E-state index in [1.54, 1.807) is 6.20 Å². The Morgan fingerprint density at radius 3 is 2.65 bits per heavy atom. The second-order valence-corrected chi connectivity index (χ2v) is 6.82. The van der Waals surface area contributed by atoms with Crippen LogP contribution in [-0.2, 0) is 12.0 Å². The molecule has 1 heterocycles. The Hall–Kier alpha value is -0.580. The van der Waals surface area contributed by atoms with Gasteiger partial charge in [0.05, 0.1) is 23.5 Å². The number of rotatable bonds is 8. The maximum absolute atomic E-state index is 6.39. The van der Waals surface area contributed by atoms with Crippen LogP contribution in [0.4, 0.5) is 0 Å². The summed E-state index contributed by atoms with van der Waals surface area (Å²) >= 11 is 6.39. The Morgan fingerprint density at radius 2 is 2.10 bits per heavy atom. The standard InChI is InChI=1S/C15H29ClN4/c1-7-17-12(2)10-15(3,4)14-13(16)11-18-20(14)9-8-19(5)6/h11-12,17H,7-10H2,1-6H3. The summed E-state index contributed by atoms with van der Waals surface area (Å²) < 4.78 is 2.06. The molecule has 0 saturated carbocycles. The van der Waals surface area contributed by atoms with Gasteiger partial charge in [0.1, 0.15) is 0 Å². The summed E-state index contributed by atoms with van der Waals surface area (Å²) in [5, 5.41) is 8.69. The summed E-state index contributed by atoms with van der Waals surface area (Å²) in [4.78, 5) is 2.16. The van der Waals surface area contributed by atoms with Crippen molar-refractivity contribution in [3.05, 3.63) is 16.9 Å². The molecule has 116 valence electrons. The van der Waals surface area contributed by atoms with Gasteiger partial charge in [-0.25, -0.2) is 0 Å². The minimum absolute atomic E-state index is 0.00147. The first kappa shape index (κ1) is 17.5. The Morgan fingerprint density at radius 1 is 1.45 bits per heavy atom. The smallest absolute Gasteiger partial charge is 0.0823 e. The largest absolute Gasteiger partial charge is 0.314 e. The van der Waals surface area contributed by atoms with Gasteiger partial charge >= 0.3 is 0 Å². The Balaban J connectivity index is 2.89. The van der Waals surface area contributed by atoms with Crippen molar-refractivity contribution in [3.8, 4) is 0 Å². The van der Waals surface area contributed by atoms with Crippen molar-refractivity contribution in [3.63, 3.8) is 0 Å². The van der Waals surface area contributed by atoms with E-state index in [1.165, 1.54) is 0 Å². The molecule has 1 atom stereocenters. The molecular formula is C15H29ClN4. The summed E-state index contributed by atoms with van der Waals surface area (Å²) in [7, 11) is 4.15. The van der Waals surface area contributed by atoms with Crippen LogP contribution in [0.25, 0.3) is 0 Å². The number of aromatic nitrogens is 2. The van der Waals surface area contributed by atoms with Gasteiger partial charge in [0.2, 0.25) is 0 Å². The molecule has 0 aliphatic rings. The third kappa shape index (κ3) is 4.76. The van der Waals surface area contributed by atoms with Crippen LogP contribution in [0.3, 0.4) is 0 Å². The van der Waals surface area contributed by atoms with E-state index in [0.29, 0.717) is 6.04 Å². The third-order valence-electron chi connectivity index (χ3n) is 3.56. The van der Waals surface area contributed by atoms with E-state index in [-0.39, 0.29) is 5.41 Å². The molecule has 0 aromatic carbocycles. The van der Waals surface area contributed by atoms with Gasteiger partial charge in [-0.05, 0) is 34.0 Å². The van der Waals surface area contributed by atoms with Crippen LogP contribution >= 0.6 is 11.6 Å². The van der Waals surface area contributed by atoms with E-state index < -0.39 is 0 Å². The summed E-state index contributed by atoms with van der Waals surface area (Å²) in [6.07, 6.45) is 2.81. The van der Waals surface area contributed by atoms with Crippen LogP contribution in [0, 0.1) is 0 Å². The molecule has 1 aromatic heterocycles. The zero-order valence-electron chi connectivity index (χ0n) is 13.7. The summed E-state index contributed by atoms with van der Waals surface area (Å²) in [6, 6.07) is 0.461. The van der Waals surface area contributed by atoms with Crippen molar-refractivity contribution >= 4 is 11.6 Å². The van der Waals surface area contributed by atoms with Gasteiger partial charge in [0.25, 0.3) is 0 Å². The first-order valence-corrected chi connectivity index (χ1v) is 7.75. The third-order valence-corrected chi connectivity index (χ3v) is 3.84. The molecule has 1 aromatic rings. The zero-order chi connectivity index (χ0) is 15.3. The maximum atomic E-state index is 6.39. The van der Waals surface area contributed by atoms with Gasteiger partial charge in [-0.1, -0.05) is 32.4 Å². The van der Waals surface area contributed by atoms with Gasteiger partial charge in [-0.3, -0.25) is 4.68 Å². The maximum Gasteiger partial charge on any atom is 0.0823 e. The van der Waals surface area contributed by atoms with E-state index in [0.717, 1.165) is 36.8 Å². The number of likely N-dealkylation sites (N-methyl/N-ethyl adjacent to an activating group) is 1. The Labute approximate surface area is 128 Å². The monoisotopic (exact) mass is 300 g/mol. The molecule has 20 heavy (non-hydrogen) atoms. The summed E-state index contributed by atoms with van der Waals surface area (Å²) in [5.41, 5.74) is 1.15. The van der Waals surface area contributed by atoms with Gasteiger partial charge in [0, 0.05) is 18.0 Å². The van der Waals surface area contributed by atoms with E-state index in [2.05, 4.69) is 61.8 Å². The lowest BCUT2D eigenvalue weighted by molar-refractivity contribution is 0.337. The van der Waals surface area contributed by atoms with Crippen LogP contribution in [0.2, 0.25) is 5.02 Å². The second kappa shape index (κ2) is 7.43. The lowest BCUT2D eigenvalue weighted by Gasteiger charge is -2.30. The lowest BCUT2D eigenvalue weighted by Crippen LogP contribution is -2.35. The second-order valence-electron chi connectivity index (χ2n) is 6.41. The molecule has 0 saturated heterocycles. The Bertz CT molecular complexity index is 412. The number of hydrogen-bond acceptors (Lipinski definition) is 3. The molecule has 1 unspecified atom stereocenters. The predicted octanol–water partition coefficient (Wildman–Crippen LogP) is 2.76. The lowest BCUT2D eigenvalue weighted by atomic mass is 9.82. The quantitative estimate of drug-likeness (QED) is 0.801. The molecule has 0 bridgehead atoms. The topological polar surface area (TPSA) is 33.1 Å². The highest BCUT2D eigenvalue weighted by Gasteiger charge is 2.29. The highest BCUT2D eigenvalue weighted by Crippen LogP contribution is 2.33. The SMILES string of the molecule is CCNC(C)CC(C)(C)c1c(Cl)cnn1CCN(C)C. The molecule has 1 rings (SSSR count). The molecule has 1 N–H and O–H groups in total. The van der Waals surface area contributed by atoms with Gasteiger partial charge in [0.15, 0.2) is 0 Å². The van der Waals surface area contributed by atoms with E-state index in [9.17, 15) is 0 Å². The van der Waals surface area contributed by atoms with Gasteiger partial charge in [-0.2, -0.15) is 5.10 Å². The van der Waals surface area contributed by atoms with E-state index in [1.807, 2.05) is 0 Å². The van der Waals surface area contributed by atoms with Crippen LogP contribution in [0.1, 0.15) is 39.8 Å². The van der Waals surface area contributed by atoms with Crippen LogP contribution in [0.15, 0.2) is 6.20 Å². The molecular weight excluding hydrogens is 272 g/mol. The van der Waals surface area contributed by atoms with Gasteiger partial charge < -0.3 is 10.2 Å². The van der Waals surface area contributed by atoms with Crippen LogP contribution < -0.4 is 5.32 Å². The molecule has 4 nitrogen and oxygen atoms in total. The summed E-state index contributed by atoms with van der Waals surface area (Å²) in [5.74, 6) is 0. The van der Waals surface area contributed by atoms with Crippen molar-refractivity contribution in [1.82, 2.24) is 20.0 Å². The zero-order valence-corrected chi connectivity index (χ0v) is 14.5. The minimum atomic E-state index is 0.00147. The van der Waals surface area contributed by atoms with Crippen molar-refractivity contribution < 1.29 is 0 Å². The average Bonchev–Trinajstić information content (AvgIpc) is 2.68. The van der Waals surface area contributed by atoms with E-state index in [4.69, 9.17) is 11.6 Å². The number of hydrogen-bond donors (Lipinski definition) is 1. The van der Waals surface area contributed by atoms with Crippen LogP contribution in [-0.4, -0.2) is 47.9 Å². The molecule has 0 fully saturated rings. The first-order valence-electron chi connectivity index (χ1n) is 7.37. The molecule has 0 amide bonds. The number of nitrogens with zero attached hydrogens (tertiary/aromatic N) is 3. The molecule has 0 aliphatic heterocycles. The highest BCUT2D eigenvalue weighted by atomic mass is 35.5. The average molecular weight is 301 g/mol. The fraction of sp³-hybridized carbons (Fsp3) is 0.800. The normalized spacial score (nSPS) is 14.0. The number of nitrogens with one attached hydrogen (secondary N) is 1. The molecule has 0 radical (unpaired) electrons. The fourth-order valence-corrected chi connectivity index (χ4v) is 3.18. The minimum Gasteiger partial charge on any atom is -0.314 e. The first-order chi connectivity index (χ1) is 9.27.